The van der Waals surface area contributed by atoms with Crippen molar-refractivity contribution < 1.29 is 4.39 Å². The zero-order chi connectivity index (χ0) is 11.0. The Labute approximate surface area is 94.3 Å². The normalized spacial score (nSPS) is 11.5. The maximum Gasteiger partial charge on any atom is 0.123 e. The first-order chi connectivity index (χ1) is 7.13. The summed E-state index contributed by atoms with van der Waals surface area (Å²) < 4.78 is 15.3. The molecule has 80 valence electrons. The Balaban J connectivity index is 2.74. The Bertz CT molecular complexity index is 488. The van der Waals surface area contributed by atoms with Crippen LogP contribution in [-0.4, -0.2) is 4.57 Å². The van der Waals surface area contributed by atoms with Gasteiger partial charge in [-0.2, -0.15) is 12.6 Å². The van der Waals surface area contributed by atoms with Crippen molar-refractivity contribution in [3.05, 3.63) is 35.8 Å². The van der Waals surface area contributed by atoms with Crippen LogP contribution in [0.4, 0.5) is 4.39 Å². The number of fused-ring (bicyclic) bond motifs is 1. The minimum atomic E-state index is -0.186. The molecular weight excluding hydrogens is 209 g/mol. The molecule has 2 rings (SSSR count). The van der Waals surface area contributed by atoms with E-state index in [-0.39, 0.29) is 5.82 Å². The Morgan fingerprint density at radius 2 is 2.07 bits per heavy atom. The number of hydrogen-bond donors (Lipinski definition) is 1. The highest BCUT2D eigenvalue weighted by Gasteiger charge is 2.10. The van der Waals surface area contributed by atoms with Crippen molar-refractivity contribution in [2.75, 3.05) is 0 Å². The first kappa shape index (κ1) is 10.6. The summed E-state index contributed by atoms with van der Waals surface area (Å²) in [6, 6.07) is 7.28. The van der Waals surface area contributed by atoms with Gasteiger partial charge in [0.05, 0.1) is 0 Å². The molecule has 1 heterocycles. The molecule has 0 radical (unpaired) electrons. The van der Waals surface area contributed by atoms with Crippen LogP contribution < -0.4 is 0 Å². The molecular formula is C12H14FNS. The molecule has 2 aromatic rings. The van der Waals surface area contributed by atoms with E-state index in [9.17, 15) is 4.39 Å². The van der Waals surface area contributed by atoms with Gasteiger partial charge in [0.15, 0.2) is 0 Å². The second-order valence-electron chi connectivity index (χ2n) is 3.96. The average molecular weight is 223 g/mol. The fourth-order valence-electron chi connectivity index (χ4n) is 2.00. The van der Waals surface area contributed by atoms with Crippen LogP contribution in [0.2, 0.25) is 0 Å². The number of thiol groups is 1. The molecule has 3 heteroatoms. The van der Waals surface area contributed by atoms with Crippen molar-refractivity contribution in [3.8, 4) is 0 Å². The Morgan fingerprint density at radius 1 is 1.33 bits per heavy atom. The van der Waals surface area contributed by atoms with E-state index in [1.54, 1.807) is 6.07 Å². The predicted molar refractivity (Wildman–Crippen MR) is 65.0 cm³/mol. The molecule has 1 aromatic carbocycles. The SMILES string of the molecule is CC(C)n1c(CS)cc2cc(F)ccc21. The predicted octanol–water partition coefficient (Wildman–Crippen LogP) is 3.79. The summed E-state index contributed by atoms with van der Waals surface area (Å²) in [5.74, 6) is 0.489. The van der Waals surface area contributed by atoms with Gasteiger partial charge in [-0.25, -0.2) is 4.39 Å². The van der Waals surface area contributed by atoms with Gasteiger partial charge >= 0.3 is 0 Å². The summed E-state index contributed by atoms with van der Waals surface area (Å²) in [5, 5.41) is 0.952. The van der Waals surface area contributed by atoms with Gasteiger partial charge in [-0.3, -0.25) is 0 Å². The fourth-order valence-corrected chi connectivity index (χ4v) is 2.24. The second-order valence-corrected chi connectivity index (χ2v) is 4.28. The molecule has 0 N–H and O–H groups in total. The van der Waals surface area contributed by atoms with E-state index in [0.29, 0.717) is 11.8 Å². The number of hydrogen-bond acceptors (Lipinski definition) is 1. The first-order valence-corrected chi connectivity index (χ1v) is 5.67. The van der Waals surface area contributed by atoms with Gasteiger partial charge in [-0.1, -0.05) is 0 Å². The number of halogens is 1. The van der Waals surface area contributed by atoms with Crippen LogP contribution in [0, 0.1) is 5.82 Å². The third-order valence-corrected chi connectivity index (χ3v) is 2.88. The summed E-state index contributed by atoms with van der Waals surface area (Å²) in [6.45, 7) is 4.24. The molecule has 0 spiro atoms. The van der Waals surface area contributed by atoms with Crippen molar-refractivity contribution in [3.63, 3.8) is 0 Å². The summed E-state index contributed by atoms with van der Waals surface area (Å²) in [6.07, 6.45) is 0. The Morgan fingerprint density at radius 3 is 2.67 bits per heavy atom. The van der Waals surface area contributed by atoms with Gasteiger partial charge < -0.3 is 4.57 Å². The lowest BCUT2D eigenvalue weighted by atomic mass is 10.2. The molecule has 0 saturated carbocycles. The van der Waals surface area contributed by atoms with E-state index in [4.69, 9.17) is 0 Å². The molecule has 0 atom stereocenters. The lowest BCUT2D eigenvalue weighted by Crippen LogP contribution is -2.03. The maximum atomic E-state index is 13.1. The summed E-state index contributed by atoms with van der Waals surface area (Å²) >= 11 is 4.30. The molecule has 0 aliphatic heterocycles. The number of rotatable bonds is 2. The molecule has 0 bridgehead atoms. The van der Waals surface area contributed by atoms with E-state index in [1.807, 2.05) is 12.1 Å². The first-order valence-electron chi connectivity index (χ1n) is 5.03. The summed E-state index contributed by atoms with van der Waals surface area (Å²) in [7, 11) is 0. The number of aromatic nitrogens is 1. The number of benzene rings is 1. The highest BCUT2D eigenvalue weighted by Crippen LogP contribution is 2.25. The van der Waals surface area contributed by atoms with E-state index in [1.165, 1.54) is 6.07 Å². The average Bonchev–Trinajstić information content (AvgIpc) is 2.54. The molecule has 0 aliphatic carbocycles. The zero-order valence-corrected chi connectivity index (χ0v) is 9.76. The fraction of sp³-hybridized carbons (Fsp3) is 0.333. The third-order valence-electron chi connectivity index (χ3n) is 2.56. The monoisotopic (exact) mass is 223 g/mol. The third kappa shape index (κ3) is 1.76. The highest BCUT2D eigenvalue weighted by atomic mass is 32.1. The van der Waals surface area contributed by atoms with Gasteiger partial charge in [-0.05, 0) is 38.1 Å². The Hall–Kier alpha value is -0.960. The van der Waals surface area contributed by atoms with Crippen LogP contribution in [0.3, 0.4) is 0 Å². The Kier molecular flexibility index (Phi) is 2.74. The van der Waals surface area contributed by atoms with Crippen LogP contribution in [0.1, 0.15) is 25.6 Å². The van der Waals surface area contributed by atoms with Crippen LogP contribution in [0.25, 0.3) is 10.9 Å². The van der Waals surface area contributed by atoms with Crippen molar-refractivity contribution in [1.82, 2.24) is 4.57 Å². The lowest BCUT2D eigenvalue weighted by Gasteiger charge is -2.13. The van der Waals surface area contributed by atoms with E-state index < -0.39 is 0 Å². The van der Waals surface area contributed by atoms with Gasteiger partial charge in [0.1, 0.15) is 5.82 Å². The van der Waals surface area contributed by atoms with Crippen LogP contribution in [0.5, 0.6) is 0 Å². The standard InChI is InChI=1S/C12H14FNS/c1-8(2)14-11(7-15)6-9-5-10(13)3-4-12(9)14/h3-6,8,15H,7H2,1-2H3. The van der Waals surface area contributed by atoms with Gasteiger partial charge in [0, 0.05) is 28.4 Å². The summed E-state index contributed by atoms with van der Waals surface area (Å²) in [5.41, 5.74) is 2.21. The molecule has 0 aliphatic rings. The van der Waals surface area contributed by atoms with Crippen LogP contribution in [0.15, 0.2) is 24.3 Å². The summed E-state index contributed by atoms with van der Waals surface area (Å²) in [4.78, 5) is 0. The molecule has 0 unspecified atom stereocenters. The maximum absolute atomic E-state index is 13.1. The van der Waals surface area contributed by atoms with Crippen LogP contribution >= 0.6 is 12.6 Å². The topological polar surface area (TPSA) is 4.93 Å². The number of nitrogens with zero attached hydrogens (tertiary/aromatic N) is 1. The highest BCUT2D eigenvalue weighted by molar-refractivity contribution is 7.79. The van der Waals surface area contributed by atoms with Crippen molar-refractivity contribution in [2.45, 2.75) is 25.6 Å². The minimum Gasteiger partial charge on any atom is -0.341 e. The van der Waals surface area contributed by atoms with E-state index in [2.05, 4.69) is 31.0 Å². The molecule has 15 heavy (non-hydrogen) atoms. The quantitative estimate of drug-likeness (QED) is 0.739. The zero-order valence-electron chi connectivity index (χ0n) is 8.87. The van der Waals surface area contributed by atoms with Crippen molar-refractivity contribution in [1.29, 1.82) is 0 Å². The van der Waals surface area contributed by atoms with Gasteiger partial charge in [-0.15, -0.1) is 0 Å². The molecule has 0 saturated heterocycles. The van der Waals surface area contributed by atoms with Crippen molar-refractivity contribution in [2.24, 2.45) is 0 Å². The lowest BCUT2D eigenvalue weighted by molar-refractivity contribution is 0.604. The van der Waals surface area contributed by atoms with Crippen molar-refractivity contribution >= 4 is 23.5 Å². The molecule has 0 amide bonds. The minimum absolute atomic E-state index is 0.186. The van der Waals surface area contributed by atoms with Crippen LogP contribution in [-0.2, 0) is 5.75 Å². The molecule has 1 aromatic heterocycles. The largest absolute Gasteiger partial charge is 0.341 e. The van der Waals surface area contributed by atoms with E-state index >= 15 is 0 Å². The smallest absolute Gasteiger partial charge is 0.123 e. The second kappa shape index (κ2) is 3.89. The van der Waals surface area contributed by atoms with E-state index in [0.717, 1.165) is 16.6 Å². The molecule has 0 fully saturated rings. The van der Waals surface area contributed by atoms with Gasteiger partial charge in [0.2, 0.25) is 0 Å². The van der Waals surface area contributed by atoms with Gasteiger partial charge in [0.25, 0.3) is 0 Å². The molecule has 1 nitrogen and oxygen atoms in total.